The summed E-state index contributed by atoms with van der Waals surface area (Å²) < 4.78 is 17.0. The highest BCUT2D eigenvalue weighted by Gasteiger charge is 2.43. The Kier molecular flexibility index (Phi) is 14.0. The highest BCUT2D eigenvalue weighted by Crippen LogP contribution is 2.50. The van der Waals surface area contributed by atoms with Crippen molar-refractivity contribution in [3.05, 3.63) is 83.6 Å². The molecule has 0 saturated heterocycles. The van der Waals surface area contributed by atoms with Crippen molar-refractivity contribution in [3.63, 3.8) is 0 Å². The van der Waals surface area contributed by atoms with Gasteiger partial charge in [0.2, 0.25) is 5.69 Å². The minimum Gasteiger partial charge on any atom is -1.00 e. The molecule has 0 aliphatic carbocycles. The maximum absolute atomic E-state index is 8.99. The Morgan fingerprint density at radius 2 is 1.57 bits per heavy atom. The van der Waals surface area contributed by atoms with Gasteiger partial charge in [-0.1, -0.05) is 55.3 Å². The number of fused-ring (bicyclic) bond motifs is 2. The van der Waals surface area contributed by atoms with Crippen molar-refractivity contribution in [2.75, 3.05) is 32.2 Å². The number of para-hydroxylation sites is 2. The number of nitriles is 1. The van der Waals surface area contributed by atoms with Crippen LogP contribution >= 0.6 is 8.53 Å². The van der Waals surface area contributed by atoms with Gasteiger partial charge in [-0.15, -0.1) is 0 Å². The zero-order chi connectivity index (χ0) is 32.8. The molecule has 8 heteroatoms. The average Bonchev–Trinajstić information content (AvgIpc) is 3.33. The molecule has 0 bridgehead atoms. The van der Waals surface area contributed by atoms with Gasteiger partial charge in [-0.2, -0.15) is 9.84 Å². The van der Waals surface area contributed by atoms with E-state index in [9.17, 15) is 0 Å². The van der Waals surface area contributed by atoms with Crippen molar-refractivity contribution >= 4 is 25.6 Å². The van der Waals surface area contributed by atoms with E-state index >= 15 is 0 Å². The molecule has 250 valence electrons. The number of benzene rings is 2. The lowest BCUT2D eigenvalue weighted by atomic mass is 9.77. The zero-order valence-electron chi connectivity index (χ0n) is 29.4. The quantitative estimate of drug-likeness (QED) is 0.0913. The fraction of sp³-hybridized carbons (Fsp3) is 0.526. The molecule has 0 amide bonds. The van der Waals surface area contributed by atoms with E-state index < -0.39 is 8.53 Å². The average molecular weight is 757 g/mol. The zero-order valence-corrected chi connectivity index (χ0v) is 32.4. The van der Waals surface area contributed by atoms with Crippen molar-refractivity contribution in [1.29, 1.82) is 5.26 Å². The fourth-order valence-corrected chi connectivity index (χ4v) is 8.80. The molecule has 0 fully saturated rings. The number of nitrogens with zero attached hydrogens (tertiary/aromatic N) is 4. The van der Waals surface area contributed by atoms with Crippen LogP contribution in [0.1, 0.15) is 91.7 Å². The third-order valence-electron chi connectivity index (χ3n) is 9.42. The maximum atomic E-state index is 8.99. The van der Waals surface area contributed by atoms with Gasteiger partial charge in [0.15, 0.2) is 5.71 Å². The van der Waals surface area contributed by atoms with Crippen LogP contribution in [0.25, 0.3) is 0 Å². The van der Waals surface area contributed by atoms with Gasteiger partial charge in [-0.3, -0.25) is 0 Å². The first kappa shape index (κ1) is 38.4. The van der Waals surface area contributed by atoms with Crippen LogP contribution in [-0.4, -0.2) is 54.4 Å². The molecule has 2 aliphatic rings. The second kappa shape index (κ2) is 16.8. The van der Waals surface area contributed by atoms with Gasteiger partial charge in [0.05, 0.1) is 31.1 Å². The number of rotatable bonds is 15. The second-order valence-electron chi connectivity index (χ2n) is 13.6. The molecular formula is C38H54IN4O2P. The lowest BCUT2D eigenvalue weighted by molar-refractivity contribution is -0.401. The molecule has 4 rings (SSSR count). The van der Waals surface area contributed by atoms with Crippen LogP contribution in [-0.2, 0) is 19.9 Å². The van der Waals surface area contributed by atoms with Crippen LogP contribution in [0.15, 0.2) is 72.5 Å². The first-order valence-corrected chi connectivity index (χ1v) is 17.7. The Balaban J connectivity index is 0.00000576. The van der Waals surface area contributed by atoms with Crippen molar-refractivity contribution in [2.45, 2.75) is 103 Å². The molecular weight excluding hydrogens is 702 g/mol. The molecule has 2 heterocycles. The summed E-state index contributed by atoms with van der Waals surface area (Å²) in [6.45, 7) is 16.8. The molecule has 0 spiro atoms. The summed E-state index contributed by atoms with van der Waals surface area (Å²) in [7, 11) is 3.20. The summed E-state index contributed by atoms with van der Waals surface area (Å²) in [5.41, 5.74) is 7.90. The third-order valence-corrected chi connectivity index (χ3v) is 11.5. The molecule has 0 N–H and O–H groups in total. The molecule has 2 unspecified atom stereocenters. The van der Waals surface area contributed by atoms with Crippen molar-refractivity contribution in [3.8, 4) is 6.07 Å². The summed E-state index contributed by atoms with van der Waals surface area (Å²) in [5, 5.41) is 8.99. The maximum Gasteiger partial charge on any atom is 0.259 e. The van der Waals surface area contributed by atoms with Crippen LogP contribution in [0.2, 0.25) is 0 Å². The molecule has 46 heavy (non-hydrogen) atoms. The number of hydrogen-bond donors (Lipinski definition) is 0. The van der Waals surface area contributed by atoms with Crippen LogP contribution in [0.3, 0.4) is 0 Å². The molecule has 2 aromatic rings. The number of halogens is 1. The van der Waals surface area contributed by atoms with E-state index in [1.165, 1.54) is 33.9 Å². The summed E-state index contributed by atoms with van der Waals surface area (Å²) in [6, 6.07) is 20.4. The SMILES string of the molecule is CC(C)N(C(C)C)P(OCCC#N)OCCCCCC1(C)/C(=C\C=C\C2=[N+](C)c3ccccc3C2(C)C)N(C)c2ccccc21.[I-]. The van der Waals surface area contributed by atoms with E-state index in [2.05, 4.69) is 150 Å². The standard InChI is InChI=1S/C38H54N4O2P.HI/c1-29(2)42(30(3)4)45(44-28-18-26-39)43-27-16-10-15-25-38(7)32-20-12-14-22-34(32)41(9)36(38)24-17-23-35-37(5,6)31-19-11-13-21-33(31)40(35)8;/h11-14,17,19-24,29-30H,10,15-16,18,25,27-28H2,1-9H3;1H/q+1;/p-1. The topological polar surface area (TPSA) is 51.7 Å². The van der Waals surface area contributed by atoms with Crippen LogP contribution < -0.4 is 28.9 Å². The summed E-state index contributed by atoms with van der Waals surface area (Å²) in [5.74, 6) is 0. The van der Waals surface area contributed by atoms with Crippen molar-refractivity contribution in [1.82, 2.24) is 4.67 Å². The van der Waals surface area contributed by atoms with Gasteiger partial charge >= 0.3 is 0 Å². The van der Waals surface area contributed by atoms with Gasteiger partial charge < -0.3 is 37.9 Å². The van der Waals surface area contributed by atoms with Gasteiger partial charge in [-0.25, -0.2) is 4.67 Å². The van der Waals surface area contributed by atoms with E-state index in [0.717, 1.165) is 25.7 Å². The molecule has 6 nitrogen and oxygen atoms in total. The highest BCUT2D eigenvalue weighted by molar-refractivity contribution is 7.44. The van der Waals surface area contributed by atoms with Crippen LogP contribution in [0, 0.1) is 11.3 Å². The molecule has 0 aromatic heterocycles. The van der Waals surface area contributed by atoms with E-state index in [1.54, 1.807) is 0 Å². The minimum absolute atomic E-state index is 0. The van der Waals surface area contributed by atoms with E-state index in [1.807, 2.05) is 0 Å². The Labute approximate surface area is 297 Å². The molecule has 2 aliphatic heterocycles. The normalized spacial score (nSPS) is 20.2. The predicted molar refractivity (Wildman–Crippen MR) is 189 cm³/mol. The van der Waals surface area contributed by atoms with Crippen LogP contribution in [0.5, 0.6) is 0 Å². The Hall–Kier alpha value is -2.08. The first-order valence-electron chi connectivity index (χ1n) is 16.6. The molecule has 0 radical (unpaired) electrons. The summed E-state index contributed by atoms with van der Waals surface area (Å²) >= 11 is 0. The Morgan fingerprint density at radius 3 is 2.22 bits per heavy atom. The van der Waals surface area contributed by atoms with Gasteiger partial charge in [0.25, 0.3) is 8.53 Å². The van der Waals surface area contributed by atoms with Crippen molar-refractivity contribution in [2.24, 2.45) is 0 Å². The van der Waals surface area contributed by atoms with E-state index in [0.29, 0.717) is 31.7 Å². The van der Waals surface area contributed by atoms with Crippen LogP contribution in [0.4, 0.5) is 11.4 Å². The van der Waals surface area contributed by atoms with E-state index in [4.69, 9.17) is 14.3 Å². The molecule has 2 aromatic carbocycles. The van der Waals surface area contributed by atoms with Gasteiger partial charge in [0, 0.05) is 53.6 Å². The monoisotopic (exact) mass is 756 g/mol. The van der Waals surface area contributed by atoms with Gasteiger partial charge in [0.1, 0.15) is 7.05 Å². The number of anilines is 1. The number of likely N-dealkylation sites (N-methyl/N-ethyl adjacent to an activating group) is 1. The Bertz CT molecular complexity index is 1450. The van der Waals surface area contributed by atoms with E-state index in [-0.39, 0.29) is 34.8 Å². The highest BCUT2D eigenvalue weighted by atomic mass is 127. The summed E-state index contributed by atoms with van der Waals surface area (Å²) in [4.78, 5) is 2.38. The minimum atomic E-state index is -1.19. The predicted octanol–water partition coefficient (Wildman–Crippen LogP) is 6.40. The van der Waals surface area contributed by atoms with Gasteiger partial charge in [-0.05, 0) is 79.0 Å². The number of allylic oxidation sites excluding steroid dienone is 4. The molecule has 2 atom stereocenters. The summed E-state index contributed by atoms with van der Waals surface area (Å²) in [6.07, 6.45) is 11.5. The van der Waals surface area contributed by atoms with Crippen molar-refractivity contribution < 1.29 is 37.6 Å². The largest absolute Gasteiger partial charge is 1.00 e. The lowest BCUT2D eigenvalue weighted by Crippen LogP contribution is -3.00. The number of unbranched alkanes of at least 4 members (excludes halogenated alkanes) is 2. The second-order valence-corrected chi connectivity index (χ2v) is 15.1. The number of hydrogen-bond acceptors (Lipinski definition) is 5. The smallest absolute Gasteiger partial charge is 0.259 e. The third kappa shape index (κ3) is 8.13. The first-order chi connectivity index (χ1) is 21.4. The lowest BCUT2D eigenvalue weighted by Gasteiger charge is -2.35. The fourth-order valence-electron chi connectivity index (χ4n) is 7.17. The Morgan fingerprint density at radius 1 is 0.935 bits per heavy atom. The molecule has 0 saturated carbocycles.